The molecule has 0 aliphatic carbocycles. The van der Waals surface area contributed by atoms with Gasteiger partial charge in [-0.25, -0.2) is 9.37 Å². The molecule has 0 unspecified atom stereocenters. The van der Waals surface area contributed by atoms with E-state index < -0.39 is 0 Å². The minimum absolute atomic E-state index is 0. The third-order valence-corrected chi connectivity index (χ3v) is 8.88. The first-order chi connectivity index (χ1) is 23.4. The fraction of sp³-hybridized carbons (Fsp3) is 0.0952. The van der Waals surface area contributed by atoms with Crippen molar-refractivity contribution >= 4 is 21.8 Å². The number of para-hydroxylation sites is 1. The van der Waals surface area contributed by atoms with E-state index in [2.05, 4.69) is 81.2 Å². The van der Waals surface area contributed by atoms with Crippen molar-refractivity contribution < 1.29 is 29.6 Å². The first-order valence-corrected chi connectivity index (χ1v) is 15.9. The van der Waals surface area contributed by atoms with Crippen LogP contribution >= 0.6 is 0 Å². The summed E-state index contributed by atoms with van der Waals surface area (Å²) in [5.74, 6) is 1.16. The molecule has 0 saturated carbocycles. The summed E-state index contributed by atoms with van der Waals surface area (Å²) in [6.07, 6.45) is 1.47. The second-order valence-electron chi connectivity index (χ2n) is 12.1. The van der Waals surface area contributed by atoms with Gasteiger partial charge in [0.25, 0.3) is 0 Å². The maximum atomic E-state index is 14.3. The second-order valence-corrected chi connectivity index (χ2v) is 12.1. The first kappa shape index (κ1) is 32.2. The molecule has 8 aromatic rings. The number of aryl methyl sites for hydroxylation is 3. The summed E-state index contributed by atoms with van der Waals surface area (Å²) in [7, 11) is 0. The molecule has 0 amide bonds. The molecule has 0 atom stereocenters. The fourth-order valence-electron chi connectivity index (χ4n) is 6.82. The number of aromatic nitrogens is 4. The number of nitrogens with zero attached hydrogens (tertiary/aromatic N) is 4. The van der Waals surface area contributed by atoms with Crippen LogP contribution in [0.2, 0.25) is 0 Å². The first-order valence-electron chi connectivity index (χ1n) is 15.9. The van der Waals surface area contributed by atoms with Gasteiger partial charge in [0.1, 0.15) is 11.6 Å². The Bertz CT molecular complexity index is 2480. The summed E-state index contributed by atoms with van der Waals surface area (Å²) in [5, 5.41) is 6.96. The van der Waals surface area contributed by atoms with Gasteiger partial charge < -0.3 is 9.30 Å². The molecular weight excluding hydrogens is 702 g/mol. The van der Waals surface area contributed by atoms with Crippen molar-refractivity contribution in [2.75, 3.05) is 0 Å². The van der Waals surface area contributed by atoms with Crippen molar-refractivity contribution in [1.29, 1.82) is 0 Å². The maximum absolute atomic E-state index is 14.3. The van der Waals surface area contributed by atoms with Crippen molar-refractivity contribution in [3.8, 4) is 45.3 Å². The van der Waals surface area contributed by atoms with Gasteiger partial charge in [0.2, 0.25) is 0 Å². The monoisotopic (exact) mass is 732 g/mol. The minimum Gasteiger partial charge on any atom is -0.509 e. The third kappa shape index (κ3) is 5.76. The van der Waals surface area contributed by atoms with Crippen LogP contribution < -0.4 is 4.74 Å². The Hall–Kier alpha value is -5.35. The quantitative estimate of drug-likeness (QED) is 0.126. The van der Waals surface area contributed by atoms with E-state index in [0.29, 0.717) is 17.3 Å². The van der Waals surface area contributed by atoms with Crippen LogP contribution in [-0.2, 0) is 20.4 Å². The van der Waals surface area contributed by atoms with Gasteiger partial charge in [-0.15, -0.1) is 35.7 Å². The van der Waals surface area contributed by atoms with Crippen molar-refractivity contribution in [2.45, 2.75) is 27.7 Å². The summed E-state index contributed by atoms with van der Waals surface area (Å²) in [6, 6.07) is 42.3. The molecule has 5 aromatic carbocycles. The van der Waals surface area contributed by atoms with Crippen molar-refractivity contribution in [3.05, 3.63) is 156 Å². The Balaban J connectivity index is 0.00000378. The molecule has 0 saturated heterocycles. The standard InChI is InChI=1S/C42H31FN4O.Pd/c1-26-21-31(30-11-6-5-7-12-30)22-27(2)41(26)42-28(3)45-47(29(42)4)33-13-10-14-34(24-33)48-35-17-18-37-36-15-8-9-16-38(36)46(39(37)25-35)40-23-32(43)19-20-44-40;/h5-23H,1-4H3;/q-2;+2. The van der Waals surface area contributed by atoms with Crippen LogP contribution in [0.4, 0.5) is 4.39 Å². The average Bonchev–Trinajstić information content (AvgIpc) is 3.57. The third-order valence-electron chi connectivity index (χ3n) is 8.88. The molecule has 0 aliphatic rings. The minimum atomic E-state index is -0.355. The van der Waals surface area contributed by atoms with Crippen LogP contribution in [0.3, 0.4) is 0 Å². The molecule has 49 heavy (non-hydrogen) atoms. The zero-order valence-electron chi connectivity index (χ0n) is 27.4. The zero-order chi connectivity index (χ0) is 32.9. The number of rotatable bonds is 6. The Kier molecular flexibility index (Phi) is 8.50. The Morgan fingerprint density at radius 3 is 2.18 bits per heavy atom. The normalized spacial score (nSPS) is 11.2. The van der Waals surface area contributed by atoms with E-state index in [1.54, 1.807) is 0 Å². The molecule has 5 nitrogen and oxygen atoms in total. The number of hydrogen-bond donors (Lipinski definition) is 0. The number of benzene rings is 5. The molecule has 242 valence electrons. The number of fused-ring (bicyclic) bond motifs is 3. The number of hydrogen-bond acceptors (Lipinski definition) is 3. The number of ether oxygens (including phenoxy) is 1. The van der Waals surface area contributed by atoms with Crippen LogP contribution in [0.1, 0.15) is 22.5 Å². The molecule has 8 rings (SSSR count). The van der Waals surface area contributed by atoms with Gasteiger partial charge in [-0.05, 0) is 78.7 Å². The summed E-state index contributed by atoms with van der Waals surface area (Å²) in [6.45, 7) is 8.49. The molecule has 0 aliphatic heterocycles. The van der Waals surface area contributed by atoms with E-state index in [-0.39, 0.29) is 26.2 Å². The zero-order valence-corrected chi connectivity index (χ0v) is 28.9. The van der Waals surface area contributed by atoms with Gasteiger partial charge in [0, 0.05) is 40.5 Å². The van der Waals surface area contributed by atoms with Gasteiger partial charge >= 0.3 is 20.4 Å². The Labute approximate surface area is 298 Å². The molecule has 0 radical (unpaired) electrons. The van der Waals surface area contributed by atoms with E-state index in [1.165, 1.54) is 46.1 Å². The molecular formula is C42H31FN4OPd. The largest absolute Gasteiger partial charge is 2.00 e. The molecule has 0 N–H and O–H groups in total. The Morgan fingerprint density at radius 2 is 1.41 bits per heavy atom. The SMILES string of the molecule is Cc1cc(-c2ccccc2)cc(C)c1-c1c(C)nn(-c2[c-]c(Oc3[c-]c4c(cc3)c3ccccc3n4-c3cc(F)ccn3)ccc2)c1C.[Pd+2]. The van der Waals surface area contributed by atoms with Crippen molar-refractivity contribution in [1.82, 2.24) is 19.3 Å². The topological polar surface area (TPSA) is 44.9 Å². The van der Waals surface area contributed by atoms with Crippen molar-refractivity contribution in [3.63, 3.8) is 0 Å². The fourth-order valence-corrected chi connectivity index (χ4v) is 6.82. The average molecular weight is 733 g/mol. The summed E-state index contributed by atoms with van der Waals surface area (Å²) in [4.78, 5) is 4.46. The molecule has 3 heterocycles. The molecule has 0 spiro atoms. The van der Waals surface area contributed by atoms with E-state index in [0.717, 1.165) is 44.4 Å². The van der Waals surface area contributed by atoms with Gasteiger partial charge in [-0.2, -0.15) is 17.2 Å². The second kappa shape index (κ2) is 12.9. The predicted octanol–water partition coefficient (Wildman–Crippen LogP) is 10.5. The molecule has 0 fully saturated rings. The molecule has 7 heteroatoms. The van der Waals surface area contributed by atoms with Crippen LogP contribution in [0, 0.1) is 45.6 Å². The van der Waals surface area contributed by atoms with E-state index in [1.807, 2.05) is 69.9 Å². The van der Waals surface area contributed by atoms with Crippen LogP contribution in [0.15, 0.2) is 115 Å². The smallest absolute Gasteiger partial charge is 0.509 e. The van der Waals surface area contributed by atoms with Gasteiger partial charge in [0.15, 0.2) is 0 Å². The van der Waals surface area contributed by atoms with E-state index in [9.17, 15) is 4.39 Å². The van der Waals surface area contributed by atoms with E-state index >= 15 is 0 Å². The summed E-state index contributed by atoms with van der Waals surface area (Å²) < 4.78 is 24.5. The number of halogens is 1. The van der Waals surface area contributed by atoms with Gasteiger partial charge in [0.05, 0.1) is 5.69 Å². The molecule has 3 aromatic heterocycles. The van der Waals surface area contributed by atoms with Gasteiger partial charge in [-0.1, -0.05) is 66.2 Å². The van der Waals surface area contributed by atoms with Crippen LogP contribution in [0.5, 0.6) is 11.5 Å². The summed E-state index contributed by atoms with van der Waals surface area (Å²) >= 11 is 0. The van der Waals surface area contributed by atoms with E-state index in [4.69, 9.17) is 9.84 Å². The maximum Gasteiger partial charge on any atom is 2.00 e. The number of pyridine rings is 1. The summed E-state index contributed by atoms with van der Waals surface area (Å²) in [5.41, 5.74) is 11.6. The van der Waals surface area contributed by atoms with Crippen LogP contribution in [-0.4, -0.2) is 19.3 Å². The van der Waals surface area contributed by atoms with Gasteiger partial charge in [-0.3, -0.25) is 4.68 Å². The van der Waals surface area contributed by atoms with Crippen molar-refractivity contribution in [2.24, 2.45) is 0 Å². The Morgan fingerprint density at radius 1 is 0.673 bits per heavy atom. The predicted molar refractivity (Wildman–Crippen MR) is 190 cm³/mol. The molecule has 0 bridgehead atoms. The van der Waals surface area contributed by atoms with Crippen LogP contribution in [0.25, 0.3) is 55.6 Å².